The van der Waals surface area contributed by atoms with Crippen molar-refractivity contribution in [3.05, 3.63) is 12.8 Å². The van der Waals surface area contributed by atoms with Crippen LogP contribution in [0.15, 0.2) is 12.8 Å². The molecule has 0 aromatic heterocycles. The molecule has 190 valence electrons. The van der Waals surface area contributed by atoms with Gasteiger partial charge in [0, 0.05) is 18.3 Å². The van der Waals surface area contributed by atoms with Gasteiger partial charge in [0.1, 0.15) is 17.2 Å². The molecular formula is C22H33N3O9. The van der Waals surface area contributed by atoms with Crippen LogP contribution in [0.4, 0.5) is 4.79 Å². The highest BCUT2D eigenvalue weighted by Crippen LogP contribution is 2.63. The van der Waals surface area contributed by atoms with E-state index in [4.69, 9.17) is 14.2 Å². The monoisotopic (exact) mass is 483 g/mol. The van der Waals surface area contributed by atoms with Gasteiger partial charge < -0.3 is 35.3 Å². The summed E-state index contributed by atoms with van der Waals surface area (Å²) in [7, 11) is 0. The SMILES string of the molecule is C=COC(=O)[C@H]1[C@H]2[C@@H]1[C@](NC(=O)CNC(=O)[C@H](C)NC(=O)OC(C)(C)C)(C(=O)OCC)C[C@@H]2O. The number of hydrogen-bond acceptors (Lipinski definition) is 9. The summed E-state index contributed by atoms with van der Waals surface area (Å²) in [6.07, 6.45) is -1.02. The van der Waals surface area contributed by atoms with Gasteiger partial charge in [0.2, 0.25) is 11.8 Å². The second-order valence-electron chi connectivity index (χ2n) is 9.33. The van der Waals surface area contributed by atoms with E-state index in [-0.39, 0.29) is 13.0 Å². The third kappa shape index (κ3) is 6.04. The Balaban J connectivity index is 2.02. The van der Waals surface area contributed by atoms with Crippen molar-refractivity contribution in [1.82, 2.24) is 16.0 Å². The molecule has 3 amide bonds. The molecule has 4 N–H and O–H groups in total. The summed E-state index contributed by atoms with van der Waals surface area (Å²) < 4.78 is 15.0. The zero-order valence-corrected chi connectivity index (χ0v) is 20.0. The first-order chi connectivity index (χ1) is 15.8. The number of aliphatic hydroxyl groups is 1. The van der Waals surface area contributed by atoms with E-state index >= 15 is 0 Å². The van der Waals surface area contributed by atoms with Crippen LogP contribution in [0.1, 0.15) is 41.0 Å². The second-order valence-corrected chi connectivity index (χ2v) is 9.33. The van der Waals surface area contributed by atoms with Crippen LogP contribution in [0.5, 0.6) is 0 Å². The molecule has 0 heterocycles. The van der Waals surface area contributed by atoms with Crippen LogP contribution >= 0.6 is 0 Å². The molecule has 0 bridgehead atoms. The predicted molar refractivity (Wildman–Crippen MR) is 117 cm³/mol. The van der Waals surface area contributed by atoms with E-state index in [9.17, 15) is 29.1 Å². The molecule has 34 heavy (non-hydrogen) atoms. The lowest BCUT2D eigenvalue weighted by Crippen LogP contribution is -2.59. The number of fused-ring (bicyclic) bond motifs is 1. The highest BCUT2D eigenvalue weighted by molar-refractivity contribution is 5.94. The molecule has 2 aliphatic rings. The largest absolute Gasteiger partial charge is 0.464 e. The topological polar surface area (TPSA) is 169 Å². The van der Waals surface area contributed by atoms with E-state index < -0.39 is 77.4 Å². The van der Waals surface area contributed by atoms with E-state index in [1.54, 1.807) is 27.7 Å². The molecule has 0 aromatic carbocycles. The molecule has 12 heteroatoms. The van der Waals surface area contributed by atoms with Gasteiger partial charge in [-0.1, -0.05) is 6.58 Å². The van der Waals surface area contributed by atoms with E-state index in [0.717, 1.165) is 6.26 Å². The molecular weight excluding hydrogens is 450 g/mol. The first-order valence-corrected chi connectivity index (χ1v) is 11.0. The molecule has 2 aliphatic carbocycles. The minimum Gasteiger partial charge on any atom is -0.464 e. The zero-order chi connectivity index (χ0) is 25.8. The van der Waals surface area contributed by atoms with Crippen molar-refractivity contribution < 1.29 is 43.3 Å². The summed E-state index contributed by atoms with van der Waals surface area (Å²) in [6.45, 7) is 10.9. The minimum absolute atomic E-state index is 0.0241. The number of rotatable bonds is 9. The van der Waals surface area contributed by atoms with Crippen molar-refractivity contribution >= 4 is 29.8 Å². The summed E-state index contributed by atoms with van der Waals surface area (Å²) in [4.78, 5) is 61.8. The summed E-state index contributed by atoms with van der Waals surface area (Å²) in [6, 6.07) is -0.999. The maximum Gasteiger partial charge on any atom is 0.408 e. The Morgan fingerprint density at radius 3 is 2.44 bits per heavy atom. The highest BCUT2D eigenvalue weighted by atomic mass is 16.6. The number of aliphatic hydroxyl groups excluding tert-OH is 1. The highest BCUT2D eigenvalue weighted by Gasteiger charge is 2.76. The van der Waals surface area contributed by atoms with E-state index in [1.165, 1.54) is 6.92 Å². The van der Waals surface area contributed by atoms with Crippen LogP contribution in [-0.2, 0) is 33.4 Å². The van der Waals surface area contributed by atoms with Gasteiger partial charge in [0.25, 0.3) is 0 Å². The van der Waals surface area contributed by atoms with E-state index in [0.29, 0.717) is 0 Å². The summed E-state index contributed by atoms with van der Waals surface area (Å²) in [5.41, 5.74) is -2.39. The molecule has 0 aliphatic heterocycles. The van der Waals surface area contributed by atoms with Crippen molar-refractivity contribution in [3.8, 4) is 0 Å². The third-order valence-corrected chi connectivity index (χ3v) is 5.64. The Bertz CT molecular complexity index is 853. The Morgan fingerprint density at radius 2 is 1.88 bits per heavy atom. The molecule has 0 saturated heterocycles. The Labute approximate surface area is 197 Å². The first-order valence-electron chi connectivity index (χ1n) is 11.0. The number of esters is 2. The van der Waals surface area contributed by atoms with Gasteiger partial charge in [-0.3, -0.25) is 14.4 Å². The van der Waals surface area contributed by atoms with Gasteiger partial charge in [-0.2, -0.15) is 0 Å². The quantitative estimate of drug-likeness (QED) is 0.196. The maximum atomic E-state index is 12.8. The Hall–Kier alpha value is -3.15. The van der Waals surface area contributed by atoms with Gasteiger partial charge in [0.15, 0.2) is 0 Å². The lowest BCUT2D eigenvalue weighted by Gasteiger charge is -2.31. The van der Waals surface area contributed by atoms with Gasteiger partial charge in [-0.15, -0.1) is 0 Å². The molecule has 0 unspecified atom stereocenters. The molecule has 2 saturated carbocycles. The fraction of sp³-hybridized carbons (Fsp3) is 0.682. The molecule has 2 fully saturated rings. The first kappa shape index (κ1) is 27.1. The standard InChI is InChI=1S/C22H33N3O9/c1-7-32-18(29)15-14-12(26)9-22(16(14)15,19(30)33-8-2)25-13(27)10-23-17(28)11(3)24-20(31)34-21(4,5)6/h7,11-12,14-16,26H,1,8-10H2,2-6H3,(H,23,28)(H,24,31)(H,25,27)/t11-,12-,14-,15-,16-,22-/m0/s1. The normalized spacial score (nSPS) is 27.9. The van der Waals surface area contributed by atoms with Gasteiger partial charge >= 0.3 is 18.0 Å². The van der Waals surface area contributed by atoms with E-state index in [2.05, 4.69) is 22.5 Å². The minimum atomic E-state index is -1.65. The second kappa shape index (κ2) is 10.4. The van der Waals surface area contributed by atoms with Crippen molar-refractivity contribution in [1.29, 1.82) is 0 Å². The number of nitrogens with one attached hydrogen (secondary N) is 3. The van der Waals surface area contributed by atoms with Crippen LogP contribution in [0.25, 0.3) is 0 Å². The smallest absolute Gasteiger partial charge is 0.408 e. The number of hydrogen-bond donors (Lipinski definition) is 4. The van der Waals surface area contributed by atoms with Crippen LogP contribution in [0.2, 0.25) is 0 Å². The number of carbonyl (C=O) groups excluding carboxylic acids is 5. The lowest BCUT2D eigenvalue weighted by atomic mass is 9.89. The van der Waals surface area contributed by atoms with Gasteiger partial charge in [0.05, 0.1) is 31.4 Å². The summed E-state index contributed by atoms with van der Waals surface area (Å²) in [5, 5.41) is 17.7. The van der Waals surface area contributed by atoms with Crippen LogP contribution in [-0.4, -0.2) is 71.4 Å². The molecule has 12 nitrogen and oxygen atoms in total. The summed E-state index contributed by atoms with van der Waals surface area (Å²) >= 11 is 0. The average molecular weight is 484 g/mol. The molecule has 0 aromatic rings. The van der Waals surface area contributed by atoms with Crippen LogP contribution < -0.4 is 16.0 Å². The zero-order valence-electron chi connectivity index (χ0n) is 20.0. The maximum absolute atomic E-state index is 12.8. The average Bonchev–Trinajstić information content (AvgIpc) is 3.40. The number of ether oxygens (including phenoxy) is 3. The molecule has 6 atom stereocenters. The lowest BCUT2D eigenvalue weighted by molar-refractivity contribution is -0.156. The number of carbonyl (C=O) groups is 5. The Kier molecular flexibility index (Phi) is 8.30. The van der Waals surface area contributed by atoms with Gasteiger partial charge in [-0.05, 0) is 34.6 Å². The predicted octanol–water partition coefficient (Wildman–Crippen LogP) is -0.253. The fourth-order valence-electron chi connectivity index (χ4n) is 4.34. The van der Waals surface area contributed by atoms with Gasteiger partial charge in [-0.25, -0.2) is 9.59 Å². The van der Waals surface area contributed by atoms with Crippen molar-refractivity contribution in [2.45, 2.75) is 64.3 Å². The number of alkyl carbamates (subject to hydrolysis) is 1. The van der Waals surface area contributed by atoms with Crippen molar-refractivity contribution in [3.63, 3.8) is 0 Å². The van der Waals surface area contributed by atoms with Crippen molar-refractivity contribution in [2.75, 3.05) is 13.2 Å². The fourth-order valence-corrected chi connectivity index (χ4v) is 4.34. The molecule has 0 radical (unpaired) electrons. The molecule has 2 rings (SSSR count). The third-order valence-electron chi connectivity index (χ3n) is 5.64. The number of amides is 3. The van der Waals surface area contributed by atoms with Crippen LogP contribution in [0.3, 0.4) is 0 Å². The van der Waals surface area contributed by atoms with E-state index in [1.807, 2.05) is 0 Å². The van der Waals surface area contributed by atoms with Crippen LogP contribution in [0, 0.1) is 17.8 Å². The summed E-state index contributed by atoms with van der Waals surface area (Å²) in [5.74, 6) is -4.95. The Morgan fingerprint density at radius 1 is 1.24 bits per heavy atom. The van der Waals surface area contributed by atoms with Crippen molar-refractivity contribution in [2.24, 2.45) is 17.8 Å². The molecule has 0 spiro atoms.